The number of rotatable bonds is 3. The smallest absolute Gasteiger partial charge is 0.0219 e. The first-order valence-electron chi connectivity index (χ1n) is 4.46. The lowest BCUT2D eigenvalue weighted by molar-refractivity contribution is 0.779. The van der Waals surface area contributed by atoms with Crippen LogP contribution in [0, 0.1) is 5.92 Å². The molecule has 0 aliphatic carbocycles. The van der Waals surface area contributed by atoms with Crippen LogP contribution in [-0.4, -0.2) is 0 Å². The fourth-order valence-corrected chi connectivity index (χ4v) is 1.17. The Morgan fingerprint density at radius 3 is 1.77 bits per heavy atom. The Morgan fingerprint density at radius 1 is 1.08 bits per heavy atom. The van der Waals surface area contributed by atoms with E-state index in [0.29, 0.717) is 5.92 Å². The fraction of sp³-hybridized carbons (Fsp3) is 0.538. The number of allylic oxidation sites excluding steroid dienone is 5. The molecule has 0 spiro atoms. The van der Waals surface area contributed by atoms with E-state index in [2.05, 4.69) is 46.4 Å². The van der Waals surface area contributed by atoms with Crippen molar-refractivity contribution >= 4 is 0 Å². The van der Waals surface area contributed by atoms with Gasteiger partial charge in [0.05, 0.1) is 0 Å². The lowest BCUT2D eigenvalue weighted by atomic mass is 9.98. The van der Waals surface area contributed by atoms with Gasteiger partial charge in [0.25, 0.3) is 0 Å². The molecule has 0 radical (unpaired) electrons. The van der Waals surface area contributed by atoms with Crippen LogP contribution >= 0.6 is 0 Å². The third kappa shape index (κ3) is 6.39. The van der Waals surface area contributed by atoms with E-state index in [4.69, 9.17) is 0 Å². The summed E-state index contributed by atoms with van der Waals surface area (Å²) >= 11 is 0. The molecule has 0 nitrogen and oxygen atoms in total. The van der Waals surface area contributed by atoms with Crippen LogP contribution in [0.2, 0.25) is 0 Å². The highest BCUT2D eigenvalue weighted by atomic mass is 14.1. The summed E-state index contributed by atoms with van der Waals surface area (Å²) in [6.07, 6.45) is 4.24. The molecule has 0 aromatic rings. The van der Waals surface area contributed by atoms with Crippen molar-refractivity contribution in [3.63, 3.8) is 0 Å². The molecule has 0 heterocycles. The van der Waals surface area contributed by atoms with Gasteiger partial charge in [-0.2, -0.15) is 0 Å². The van der Waals surface area contributed by atoms with Crippen LogP contribution in [0.4, 0.5) is 0 Å². The second kappa shape index (κ2) is 6.71. The van der Waals surface area contributed by atoms with Gasteiger partial charge in [0.1, 0.15) is 0 Å². The van der Waals surface area contributed by atoms with Crippen LogP contribution < -0.4 is 0 Å². The van der Waals surface area contributed by atoms with Crippen LogP contribution in [0.1, 0.15) is 42.0 Å². The van der Waals surface area contributed by atoms with Crippen LogP contribution in [0.25, 0.3) is 0 Å². The Hall–Kier alpha value is -0.780. The largest absolute Gasteiger partial charge is 0.0961 e. The molecule has 76 valence electrons. The second-order valence-electron chi connectivity index (χ2n) is 3.79. The van der Waals surface area contributed by atoms with E-state index >= 15 is 0 Å². The van der Waals surface area contributed by atoms with Crippen molar-refractivity contribution in [1.29, 1.82) is 0 Å². The first-order valence-corrected chi connectivity index (χ1v) is 4.46. The highest BCUT2D eigenvalue weighted by molar-refractivity contribution is 5.29. The first kappa shape index (κ1) is 14.7. The lowest BCUT2D eigenvalue weighted by Crippen LogP contribution is -1.92. The molecule has 0 unspecified atom stereocenters. The van der Waals surface area contributed by atoms with Crippen LogP contribution in [0.5, 0.6) is 0 Å². The van der Waals surface area contributed by atoms with E-state index < -0.39 is 0 Å². The van der Waals surface area contributed by atoms with E-state index in [-0.39, 0.29) is 7.43 Å². The maximum absolute atomic E-state index is 3.84. The van der Waals surface area contributed by atoms with Gasteiger partial charge in [-0.3, -0.25) is 0 Å². The summed E-state index contributed by atoms with van der Waals surface area (Å²) in [7, 11) is 0. The molecule has 0 aromatic carbocycles. The molecule has 0 amide bonds. The standard InChI is InChI=1S/C12H20.CH4/c1-9(2)7-8-12(10(3)4)11(5)6;/h7-8,10H,1H2,2-6H3;1H4/b8-7-;. The van der Waals surface area contributed by atoms with Crippen molar-refractivity contribution in [1.82, 2.24) is 0 Å². The van der Waals surface area contributed by atoms with Crippen LogP contribution in [0.15, 0.2) is 35.5 Å². The van der Waals surface area contributed by atoms with E-state index in [1.807, 2.05) is 6.92 Å². The van der Waals surface area contributed by atoms with E-state index in [1.165, 1.54) is 11.1 Å². The summed E-state index contributed by atoms with van der Waals surface area (Å²) < 4.78 is 0. The Morgan fingerprint density at radius 2 is 1.54 bits per heavy atom. The SMILES string of the molecule is C.C=C(C)/C=C\C(=C(C)C)C(C)C. The quantitative estimate of drug-likeness (QED) is 0.550. The highest BCUT2D eigenvalue weighted by Gasteiger charge is 1.99. The maximum atomic E-state index is 3.84. The van der Waals surface area contributed by atoms with Gasteiger partial charge in [0, 0.05) is 0 Å². The molecule has 0 saturated carbocycles. The molecule has 13 heavy (non-hydrogen) atoms. The zero-order chi connectivity index (χ0) is 9.72. The van der Waals surface area contributed by atoms with Crippen molar-refractivity contribution in [3.05, 3.63) is 35.5 Å². The Balaban J connectivity index is 0. The maximum Gasteiger partial charge on any atom is -0.0219 e. The summed E-state index contributed by atoms with van der Waals surface area (Å²) in [5, 5.41) is 0. The molecule has 0 bridgehead atoms. The van der Waals surface area contributed by atoms with Crippen molar-refractivity contribution in [2.75, 3.05) is 0 Å². The molecule has 0 atom stereocenters. The van der Waals surface area contributed by atoms with Crippen molar-refractivity contribution in [2.24, 2.45) is 5.92 Å². The molecule has 0 rings (SSSR count). The molecular formula is C13H24. The van der Waals surface area contributed by atoms with Gasteiger partial charge in [0.2, 0.25) is 0 Å². The van der Waals surface area contributed by atoms with Crippen molar-refractivity contribution in [3.8, 4) is 0 Å². The first-order chi connectivity index (χ1) is 5.45. The third-order valence-electron chi connectivity index (χ3n) is 1.75. The van der Waals surface area contributed by atoms with Crippen LogP contribution in [-0.2, 0) is 0 Å². The van der Waals surface area contributed by atoms with Gasteiger partial charge in [-0.25, -0.2) is 0 Å². The third-order valence-corrected chi connectivity index (χ3v) is 1.75. The second-order valence-corrected chi connectivity index (χ2v) is 3.79. The predicted octanol–water partition coefficient (Wildman–Crippen LogP) is 4.75. The highest BCUT2D eigenvalue weighted by Crippen LogP contribution is 2.16. The molecule has 0 aromatic heterocycles. The van der Waals surface area contributed by atoms with Gasteiger partial charge in [-0.15, -0.1) is 0 Å². The van der Waals surface area contributed by atoms with E-state index in [9.17, 15) is 0 Å². The number of hydrogen-bond donors (Lipinski definition) is 0. The van der Waals surface area contributed by atoms with E-state index in [0.717, 1.165) is 5.57 Å². The molecule has 0 saturated heterocycles. The molecular weight excluding hydrogens is 156 g/mol. The molecule has 0 N–H and O–H groups in total. The average Bonchev–Trinajstić information content (AvgIpc) is 1.84. The minimum atomic E-state index is 0. The van der Waals surface area contributed by atoms with Gasteiger partial charge >= 0.3 is 0 Å². The van der Waals surface area contributed by atoms with Gasteiger partial charge < -0.3 is 0 Å². The predicted molar refractivity (Wildman–Crippen MR) is 63.9 cm³/mol. The Kier molecular flexibility index (Phi) is 7.60. The zero-order valence-corrected chi connectivity index (χ0v) is 8.94. The lowest BCUT2D eigenvalue weighted by Gasteiger charge is -2.08. The van der Waals surface area contributed by atoms with Gasteiger partial charge in [-0.05, 0) is 32.3 Å². The topological polar surface area (TPSA) is 0 Å². The minimum Gasteiger partial charge on any atom is -0.0961 e. The summed E-state index contributed by atoms with van der Waals surface area (Å²) in [4.78, 5) is 0. The normalized spacial score (nSPS) is 10.0. The number of hydrogen-bond acceptors (Lipinski definition) is 0. The van der Waals surface area contributed by atoms with Gasteiger partial charge in [-0.1, -0.05) is 51.2 Å². The monoisotopic (exact) mass is 180 g/mol. The summed E-state index contributed by atoms with van der Waals surface area (Å²) in [6, 6.07) is 0. The molecule has 0 aliphatic rings. The van der Waals surface area contributed by atoms with E-state index in [1.54, 1.807) is 0 Å². The summed E-state index contributed by atoms with van der Waals surface area (Å²) in [6.45, 7) is 14.6. The summed E-state index contributed by atoms with van der Waals surface area (Å²) in [5.41, 5.74) is 3.91. The molecule has 0 heteroatoms. The van der Waals surface area contributed by atoms with Gasteiger partial charge in [0.15, 0.2) is 0 Å². The van der Waals surface area contributed by atoms with Crippen LogP contribution in [0.3, 0.4) is 0 Å². The fourth-order valence-electron chi connectivity index (χ4n) is 1.17. The van der Waals surface area contributed by atoms with Crippen molar-refractivity contribution in [2.45, 2.75) is 42.0 Å². The Labute approximate surface area is 84.1 Å². The van der Waals surface area contributed by atoms with Crippen molar-refractivity contribution < 1.29 is 0 Å². The average molecular weight is 180 g/mol. The summed E-state index contributed by atoms with van der Waals surface area (Å²) in [5.74, 6) is 0.602. The molecule has 0 fully saturated rings. The Bertz CT molecular complexity index is 210. The minimum absolute atomic E-state index is 0. The zero-order valence-electron chi connectivity index (χ0n) is 8.94. The molecule has 0 aliphatic heterocycles.